The summed E-state index contributed by atoms with van der Waals surface area (Å²) in [7, 11) is 1.28. The monoisotopic (exact) mass is 409 g/mol. The van der Waals surface area contributed by atoms with Crippen molar-refractivity contribution in [1.82, 2.24) is 14.9 Å². The molecule has 0 spiro atoms. The number of nitrogens with zero attached hydrogens (tertiary/aromatic N) is 2. The number of carbonyl (C=O) groups is 2. The second kappa shape index (κ2) is 8.24. The van der Waals surface area contributed by atoms with E-state index >= 15 is 0 Å². The first-order valence-corrected chi connectivity index (χ1v) is 8.68. The summed E-state index contributed by atoms with van der Waals surface area (Å²) in [4.78, 5) is 40.9. The van der Waals surface area contributed by atoms with Crippen LogP contribution in [0.4, 0.5) is 0 Å². The van der Waals surface area contributed by atoms with E-state index in [1.807, 2.05) is 13.8 Å². The summed E-state index contributed by atoms with van der Waals surface area (Å²) in [6.07, 6.45) is 2.03. The third-order valence-electron chi connectivity index (χ3n) is 4.08. The van der Waals surface area contributed by atoms with Crippen molar-refractivity contribution in [2.75, 3.05) is 7.11 Å². The van der Waals surface area contributed by atoms with E-state index in [1.165, 1.54) is 18.0 Å². The van der Waals surface area contributed by atoms with E-state index in [4.69, 9.17) is 4.74 Å². The van der Waals surface area contributed by atoms with Crippen LogP contribution in [0.5, 0.6) is 0 Å². The fourth-order valence-corrected chi connectivity index (χ4v) is 2.77. The van der Waals surface area contributed by atoms with Crippen LogP contribution in [-0.4, -0.2) is 34.6 Å². The van der Waals surface area contributed by atoms with Gasteiger partial charge < -0.3 is 10.1 Å². The summed E-state index contributed by atoms with van der Waals surface area (Å²) in [5.41, 5.74) is 0.233. The predicted molar refractivity (Wildman–Crippen MR) is 97.1 cm³/mol. The molecule has 0 saturated carbocycles. The molecule has 1 aromatic carbocycles. The molecule has 0 saturated heterocycles. The van der Waals surface area contributed by atoms with Crippen molar-refractivity contribution >= 4 is 38.7 Å². The number of rotatable bonds is 6. The smallest absolute Gasteiger partial charge is 0.328 e. The van der Waals surface area contributed by atoms with Crippen LogP contribution in [0.25, 0.3) is 10.9 Å². The predicted octanol–water partition coefficient (Wildman–Crippen LogP) is 1.86. The molecule has 2 atom stereocenters. The zero-order valence-corrected chi connectivity index (χ0v) is 15.9. The maximum atomic E-state index is 12.5. The molecule has 0 aliphatic heterocycles. The topological polar surface area (TPSA) is 90.3 Å². The number of hydrogen-bond acceptors (Lipinski definition) is 5. The zero-order chi connectivity index (χ0) is 18.6. The summed E-state index contributed by atoms with van der Waals surface area (Å²) in [5.74, 6) is -1.04. The first-order chi connectivity index (χ1) is 11.9. The highest BCUT2D eigenvalue weighted by Gasteiger charge is 2.26. The number of nitrogens with one attached hydrogen (secondary N) is 1. The van der Waals surface area contributed by atoms with E-state index < -0.39 is 17.9 Å². The number of amides is 1. The van der Waals surface area contributed by atoms with Crippen LogP contribution in [0.3, 0.4) is 0 Å². The lowest BCUT2D eigenvalue weighted by atomic mass is 9.99. The van der Waals surface area contributed by atoms with Crippen LogP contribution in [0.15, 0.2) is 33.8 Å². The van der Waals surface area contributed by atoms with Crippen LogP contribution in [0.2, 0.25) is 0 Å². The van der Waals surface area contributed by atoms with Gasteiger partial charge in [-0.05, 0) is 24.1 Å². The molecule has 8 heteroatoms. The molecule has 1 aromatic heterocycles. The first-order valence-electron chi connectivity index (χ1n) is 7.89. The average Bonchev–Trinajstić information content (AvgIpc) is 2.61. The molecular weight excluding hydrogens is 390 g/mol. The molecule has 0 unspecified atom stereocenters. The number of benzene rings is 1. The highest BCUT2D eigenvalue weighted by Crippen LogP contribution is 2.15. The molecule has 0 aliphatic carbocycles. The quantitative estimate of drug-likeness (QED) is 0.735. The molecule has 0 fully saturated rings. The Hall–Kier alpha value is -2.22. The van der Waals surface area contributed by atoms with Gasteiger partial charge in [-0.15, -0.1) is 0 Å². The molecular formula is C17H20BrN3O4. The van der Waals surface area contributed by atoms with Gasteiger partial charge in [0.15, 0.2) is 0 Å². The van der Waals surface area contributed by atoms with E-state index in [-0.39, 0.29) is 18.0 Å². The van der Waals surface area contributed by atoms with Crippen molar-refractivity contribution in [1.29, 1.82) is 0 Å². The van der Waals surface area contributed by atoms with E-state index in [0.717, 1.165) is 4.47 Å². The van der Waals surface area contributed by atoms with Gasteiger partial charge in [-0.3, -0.25) is 14.2 Å². The minimum Gasteiger partial charge on any atom is -0.467 e. The number of methoxy groups -OCH3 is 1. The molecule has 1 amide bonds. The van der Waals surface area contributed by atoms with Gasteiger partial charge in [0.05, 0.1) is 24.3 Å². The molecule has 0 bridgehead atoms. The Kier molecular flexibility index (Phi) is 6.30. The normalized spacial score (nSPS) is 13.3. The molecule has 134 valence electrons. The number of aromatic nitrogens is 2. The third-order valence-corrected chi connectivity index (χ3v) is 4.58. The lowest BCUT2D eigenvalue weighted by Crippen LogP contribution is -2.47. The van der Waals surface area contributed by atoms with Crippen molar-refractivity contribution in [3.8, 4) is 0 Å². The standard InChI is InChI=1S/C17H20BrN3O4/c1-4-10(2)15(17(24)25-3)20-14(22)8-21-9-19-13-6-5-11(18)7-12(13)16(21)23/h5-7,9-10,15H,4,8H2,1-3H3,(H,20,22)/t10-,15-/m0/s1. The van der Waals surface area contributed by atoms with Gasteiger partial charge in [-0.2, -0.15) is 0 Å². The van der Waals surface area contributed by atoms with Gasteiger partial charge in [-0.25, -0.2) is 9.78 Å². The number of hydrogen-bond donors (Lipinski definition) is 1. The maximum absolute atomic E-state index is 12.5. The molecule has 2 rings (SSSR count). The SMILES string of the molecule is CC[C@H](C)[C@H](NC(=O)Cn1cnc2ccc(Br)cc2c1=O)C(=O)OC. The highest BCUT2D eigenvalue weighted by molar-refractivity contribution is 9.10. The van der Waals surface area contributed by atoms with Crippen molar-refractivity contribution < 1.29 is 14.3 Å². The van der Waals surface area contributed by atoms with Crippen LogP contribution >= 0.6 is 15.9 Å². The van der Waals surface area contributed by atoms with Gasteiger partial charge in [0, 0.05) is 4.47 Å². The van der Waals surface area contributed by atoms with E-state index in [0.29, 0.717) is 17.3 Å². The Morgan fingerprint density at radius 2 is 2.12 bits per heavy atom. The Morgan fingerprint density at radius 1 is 1.40 bits per heavy atom. The summed E-state index contributed by atoms with van der Waals surface area (Å²) >= 11 is 3.32. The lowest BCUT2D eigenvalue weighted by molar-refractivity contribution is -0.146. The summed E-state index contributed by atoms with van der Waals surface area (Å²) in [5, 5.41) is 3.06. The van der Waals surface area contributed by atoms with Gasteiger partial charge >= 0.3 is 5.97 Å². The van der Waals surface area contributed by atoms with Crippen LogP contribution in [0.1, 0.15) is 20.3 Å². The second-order valence-electron chi connectivity index (χ2n) is 5.79. The molecule has 2 aromatic rings. The van der Waals surface area contributed by atoms with Crippen LogP contribution < -0.4 is 10.9 Å². The van der Waals surface area contributed by atoms with Crippen molar-refractivity contribution in [2.24, 2.45) is 5.92 Å². The summed E-state index contributed by atoms with van der Waals surface area (Å²) in [6.45, 7) is 3.55. The second-order valence-corrected chi connectivity index (χ2v) is 6.71. The fraction of sp³-hybridized carbons (Fsp3) is 0.412. The molecule has 7 nitrogen and oxygen atoms in total. The molecule has 1 heterocycles. The Bertz CT molecular complexity index is 849. The summed E-state index contributed by atoms with van der Waals surface area (Å²) in [6, 6.07) is 4.43. The molecule has 1 N–H and O–H groups in total. The van der Waals surface area contributed by atoms with Crippen LogP contribution in [0, 0.1) is 5.92 Å². The number of carbonyl (C=O) groups excluding carboxylic acids is 2. The fourth-order valence-electron chi connectivity index (χ4n) is 2.41. The minimum atomic E-state index is -0.749. The Balaban J connectivity index is 2.22. The maximum Gasteiger partial charge on any atom is 0.328 e. The van der Waals surface area contributed by atoms with Gasteiger partial charge in [0.2, 0.25) is 5.91 Å². The van der Waals surface area contributed by atoms with Crippen molar-refractivity contribution in [3.63, 3.8) is 0 Å². The molecule has 25 heavy (non-hydrogen) atoms. The average molecular weight is 410 g/mol. The van der Waals surface area contributed by atoms with E-state index in [2.05, 4.69) is 26.2 Å². The van der Waals surface area contributed by atoms with Crippen molar-refractivity contribution in [3.05, 3.63) is 39.4 Å². The minimum absolute atomic E-state index is 0.0844. The van der Waals surface area contributed by atoms with Crippen molar-refractivity contribution in [2.45, 2.75) is 32.9 Å². The zero-order valence-electron chi connectivity index (χ0n) is 14.3. The van der Waals surface area contributed by atoms with E-state index in [9.17, 15) is 14.4 Å². The van der Waals surface area contributed by atoms with Gasteiger partial charge in [-0.1, -0.05) is 36.2 Å². The largest absolute Gasteiger partial charge is 0.467 e. The van der Waals surface area contributed by atoms with E-state index in [1.54, 1.807) is 18.2 Å². The Labute approximate surface area is 153 Å². The number of ether oxygens (including phenoxy) is 1. The third kappa shape index (κ3) is 4.45. The molecule has 0 radical (unpaired) electrons. The number of fused-ring (bicyclic) bond motifs is 1. The summed E-state index contributed by atoms with van der Waals surface area (Å²) < 4.78 is 6.71. The van der Waals surface area contributed by atoms with Crippen LogP contribution in [-0.2, 0) is 20.9 Å². The Morgan fingerprint density at radius 3 is 2.76 bits per heavy atom. The van der Waals surface area contributed by atoms with Gasteiger partial charge in [0.25, 0.3) is 5.56 Å². The number of halogens is 1. The lowest BCUT2D eigenvalue weighted by Gasteiger charge is -2.22. The highest BCUT2D eigenvalue weighted by atomic mass is 79.9. The first kappa shape index (κ1) is 19.1. The molecule has 0 aliphatic rings. The van der Waals surface area contributed by atoms with Gasteiger partial charge in [0.1, 0.15) is 12.6 Å². The number of esters is 1.